The van der Waals surface area contributed by atoms with Crippen molar-refractivity contribution < 1.29 is 28.6 Å². The number of hydrogen-bond donors (Lipinski definition) is 0. The summed E-state index contributed by atoms with van der Waals surface area (Å²) in [7, 11) is 0. The Kier molecular flexibility index (Phi) is 66.7. The van der Waals surface area contributed by atoms with E-state index in [1.807, 2.05) is 6.08 Å². The van der Waals surface area contributed by atoms with Crippen molar-refractivity contribution in [1.29, 1.82) is 0 Å². The van der Waals surface area contributed by atoms with Crippen LogP contribution < -0.4 is 0 Å². The maximum Gasteiger partial charge on any atom is 0.306 e. The predicted octanol–water partition coefficient (Wildman–Crippen LogP) is 24.3. The number of esters is 3. The van der Waals surface area contributed by atoms with Crippen molar-refractivity contribution in [2.24, 2.45) is 0 Å². The van der Waals surface area contributed by atoms with E-state index in [1.54, 1.807) is 0 Å². The molecule has 0 radical (unpaired) electrons. The molecule has 0 spiro atoms. The quantitative estimate of drug-likeness (QED) is 0.0261. The standard InChI is InChI=1S/C77H130O6/c1-4-7-10-13-16-19-22-25-28-31-34-36-37-38-39-41-43-46-49-52-55-58-61-64-67-70-76(79)82-73-74(72-81-75(78)69-66-63-60-57-54-51-48-45-42-33-30-27-24-21-18-15-12-9-6-3)83-77(80)71-68-65-62-59-56-53-50-47-44-40-35-32-29-26-23-20-17-14-11-8-5-2/h9,12,18,21-23,25-27,30-32,34-35,42,45,51,54,60,63,74H,4-8,10-11,13-17,19-20,24,28-29,33,36-41,43-44,46-50,52-53,55-59,61-62,64-73H2,1-3H3/b12-9-,21-18-,25-22-,26-23-,30-27-,34-31-,35-32-,45-42-,54-51-,63-60-. The average molecular weight is 1150 g/mol. The Bertz CT molecular complexity index is 1700. The summed E-state index contributed by atoms with van der Waals surface area (Å²) in [6.45, 7) is 6.47. The SMILES string of the molecule is CC/C=C\C/C=C\C/C=C\C/C=C\C/C=C\C/C=C\CCC(=O)OCC(COC(=O)CCCCCCCCCCCCCCC/C=C\C/C=C\CCCCCCC)OC(=O)CCCCCCCCCCC/C=C\C/C=C\CCCCCCC. The van der Waals surface area contributed by atoms with Gasteiger partial charge in [0.1, 0.15) is 13.2 Å². The first-order valence-corrected chi connectivity index (χ1v) is 35.0. The van der Waals surface area contributed by atoms with Crippen molar-refractivity contribution in [1.82, 2.24) is 0 Å². The third kappa shape index (κ3) is 68.5. The zero-order chi connectivity index (χ0) is 59.9. The van der Waals surface area contributed by atoms with Crippen LogP contribution in [0.25, 0.3) is 0 Å². The molecule has 0 heterocycles. The van der Waals surface area contributed by atoms with Gasteiger partial charge in [0, 0.05) is 19.3 Å². The van der Waals surface area contributed by atoms with E-state index in [4.69, 9.17) is 14.2 Å². The van der Waals surface area contributed by atoms with Gasteiger partial charge in [0.15, 0.2) is 6.10 Å². The van der Waals surface area contributed by atoms with Gasteiger partial charge in [-0.2, -0.15) is 0 Å². The van der Waals surface area contributed by atoms with Gasteiger partial charge in [-0.05, 0) is 122 Å². The first-order chi connectivity index (χ1) is 41.0. The molecular formula is C77H130O6. The molecule has 0 aromatic heterocycles. The molecule has 0 saturated heterocycles. The van der Waals surface area contributed by atoms with Crippen LogP contribution in [-0.4, -0.2) is 37.2 Å². The topological polar surface area (TPSA) is 78.9 Å². The Morgan fingerprint density at radius 1 is 0.253 bits per heavy atom. The molecule has 0 aliphatic carbocycles. The van der Waals surface area contributed by atoms with Crippen LogP contribution in [0, 0.1) is 0 Å². The van der Waals surface area contributed by atoms with Gasteiger partial charge in [0.2, 0.25) is 0 Å². The van der Waals surface area contributed by atoms with Crippen LogP contribution in [0.15, 0.2) is 122 Å². The van der Waals surface area contributed by atoms with Gasteiger partial charge in [-0.3, -0.25) is 14.4 Å². The molecule has 0 aliphatic rings. The summed E-state index contributed by atoms with van der Waals surface area (Å²) < 4.78 is 16.9. The second kappa shape index (κ2) is 70.3. The smallest absolute Gasteiger partial charge is 0.306 e. The lowest BCUT2D eigenvalue weighted by molar-refractivity contribution is -0.166. The molecule has 0 aromatic rings. The summed E-state index contributed by atoms with van der Waals surface area (Å²) in [6, 6.07) is 0. The maximum absolute atomic E-state index is 13.0. The number of allylic oxidation sites excluding steroid dienone is 20. The van der Waals surface area contributed by atoms with Crippen molar-refractivity contribution >= 4 is 17.9 Å². The average Bonchev–Trinajstić information content (AvgIpc) is 3.49. The van der Waals surface area contributed by atoms with E-state index in [9.17, 15) is 14.4 Å². The van der Waals surface area contributed by atoms with E-state index in [2.05, 4.69) is 136 Å². The molecule has 0 aliphatic heterocycles. The summed E-state index contributed by atoms with van der Waals surface area (Å²) in [4.78, 5) is 38.4. The fraction of sp³-hybridized carbons (Fsp3) is 0.701. The molecule has 0 aromatic carbocycles. The first kappa shape index (κ1) is 78.8. The molecule has 0 saturated carbocycles. The van der Waals surface area contributed by atoms with Crippen LogP contribution in [0.5, 0.6) is 0 Å². The second-order valence-corrected chi connectivity index (χ2v) is 23.1. The van der Waals surface area contributed by atoms with Crippen molar-refractivity contribution in [3.8, 4) is 0 Å². The van der Waals surface area contributed by atoms with Crippen LogP contribution >= 0.6 is 0 Å². The van der Waals surface area contributed by atoms with E-state index in [-0.39, 0.29) is 37.5 Å². The summed E-state index contributed by atoms with van der Waals surface area (Å²) in [5, 5.41) is 0. The van der Waals surface area contributed by atoms with Gasteiger partial charge in [-0.15, -0.1) is 0 Å². The Morgan fingerprint density at radius 2 is 0.494 bits per heavy atom. The summed E-state index contributed by atoms with van der Waals surface area (Å²) >= 11 is 0. The minimum Gasteiger partial charge on any atom is -0.462 e. The molecule has 6 heteroatoms. The molecule has 1 unspecified atom stereocenters. The Labute approximate surface area is 513 Å². The third-order valence-corrected chi connectivity index (χ3v) is 14.9. The summed E-state index contributed by atoms with van der Waals surface area (Å²) in [5.41, 5.74) is 0. The Hall–Kier alpha value is -4.19. The van der Waals surface area contributed by atoms with Gasteiger partial charge < -0.3 is 14.2 Å². The van der Waals surface area contributed by atoms with Crippen LogP contribution in [-0.2, 0) is 28.6 Å². The first-order valence-electron chi connectivity index (χ1n) is 35.0. The van der Waals surface area contributed by atoms with Gasteiger partial charge in [-0.1, -0.05) is 309 Å². The van der Waals surface area contributed by atoms with Gasteiger partial charge in [-0.25, -0.2) is 0 Å². The molecule has 474 valence electrons. The summed E-state index contributed by atoms with van der Waals surface area (Å²) in [5.74, 6) is -0.987. The van der Waals surface area contributed by atoms with Crippen LogP contribution in [0.3, 0.4) is 0 Å². The number of hydrogen-bond acceptors (Lipinski definition) is 6. The highest BCUT2D eigenvalue weighted by Gasteiger charge is 2.19. The molecule has 83 heavy (non-hydrogen) atoms. The number of ether oxygens (including phenoxy) is 3. The van der Waals surface area contributed by atoms with Gasteiger partial charge in [0.05, 0.1) is 0 Å². The lowest BCUT2D eigenvalue weighted by Gasteiger charge is -2.18. The molecular weight excluding hydrogens is 1020 g/mol. The van der Waals surface area contributed by atoms with Gasteiger partial charge >= 0.3 is 17.9 Å². The lowest BCUT2D eigenvalue weighted by Crippen LogP contribution is -2.30. The van der Waals surface area contributed by atoms with E-state index in [0.717, 1.165) is 89.9 Å². The molecule has 1 atom stereocenters. The fourth-order valence-corrected chi connectivity index (χ4v) is 9.71. The second-order valence-electron chi connectivity index (χ2n) is 23.1. The van der Waals surface area contributed by atoms with E-state index in [1.165, 1.54) is 193 Å². The minimum atomic E-state index is -0.817. The molecule has 6 nitrogen and oxygen atoms in total. The van der Waals surface area contributed by atoms with E-state index < -0.39 is 6.10 Å². The molecule has 0 N–H and O–H groups in total. The zero-order valence-electron chi connectivity index (χ0n) is 54.4. The van der Waals surface area contributed by atoms with Crippen molar-refractivity contribution in [2.45, 2.75) is 335 Å². The van der Waals surface area contributed by atoms with Crippen LogP contribution in [0.1, 0.15) is 329 Å². The zero-order valence-corrected chi connectivity index (χ0v) is 54.4. The van der Waals surface area contributed by atoms with E-state index in [0.29, 0.717) is 19.3 Å². The molecule has 0 rings (SSSR count). The van der Waals surface area contributed by atoms with Crippen molar-refractivity contribution in [2.75, 3.05) is 13.2 Å². The predicted molar refractivity (Wildman–Crippen MR) is 362 cm³/mol. The Morgan fingerprint density at radius 3 is 0.807 bits per heavy atom. The van der Waals surface area contributed by atoms with Crippen molar-refractivity contribution in [3.63, 3.8) is 0 Å². The number of rotatable bonds is 63. The van der Waals surface area contributed by atoms with Gasteiger partial charge in [0.25, 0.3) is 0 Å². The van der Waals surface area contributed by atoms with Crippen LogP contribution in [0.4, 0.5) is 0 Å². The number of carbonyl (C=O) groups excluding carboxylic acids is 3. The van der Waals surface area contributed by atoms with Crippen LogP contribution in [0.2, 0.25) is 0 Å². The maximum atomic E-state index is 13.0. The fourth-order valence-electron chi connectivity index (χ4n) is 9.71. The summed E-state index contributed by atoms with van der Waals surface area (Å²) in [6.07, 6.45) is 98.0. The highest BCUT2D eigenvalue weighted by Crippen LogP contribution is 2.16. The highest BCUT2D eigenvalue weighted by atomic mass is 16.6. The minimum absolute atomic E-state index is 0.104. The molecule has 0 fully saturated rings. The monoisotopic (exact) mass is 1150 g/mol. The molecule has 0 bridgehead atoms. The highest BCUT2D eigenvalue weighted by molar-refractivity contribution is 5.71. The normalized spacial score (nSPS) is 12.9. The Balaban J connectivity index is 4.45. The lowest BCUT2D eigenvalue weighted by atomic mass is 10.0. The third-order valence-electron chi connectivity index (χ3n) is 14.9. The largest absolute Gasteiger partial charge is 0.462 e. The molecule has 0 amide bonds. The van der Waals surface area contributed by atoms with E-state index >= 15 is 0 Å². The number of unbranched alkanes of at least 4 members (excludes halogenated alkanes) is 32. The number of carbonyl (C=O) groups is 3. The van der Waals surface area contributed by atoms with Crippen molar-refractivity contribution in [3.05, 3.63) is 122 Å².